The third-order valence-electron chi connectivity index (χ3n) is 6.26. The molecule has 0 heterocycles. The van der Waals surface area contributed by atoms with Crippen LogP contribution in [0.2, 0.25) is 0 Å². The second kappa shape index (κ2) is 32.6. The number of carbonyl (C=O) groups is 1. The highest BCUT2D eigenvalue weighted by Crippen LogP contribution is 2.13. The minimum absolute atomic E-state index is 0.345. The van der Waals surface area contributed by atoms with Crippen LogP contribution in [0.25, 0.3) is 0 Å². The quantitative estimate of drug-likeness (QED) is 0.134. The van der Waals surface area contributed by atoms with Crippen molar-refractivity contribution in [1.82, 2.24) is 0 Å². The van der Waals surface area contributed by atoms with Gasteiger partial charge in [-0.3, -0.25) is 4.79 Å². The molecule has 0 aliphatic rings. The molecule has 194 valence electrons. The van der Waals surface area contributed by atoms with Crippen LogP contribution in [0.4, 0.5) is 0 Å². The van der Waals surface area contributed by atoms with Crippen molar-refractivity contribution in [2.75, 3.05) is 6.61 Å². The fourth-order valence-corrected chi connectivity index (χ4v) is 4.07. The predicted molar refractivity (Wildman–Crippen MR) is 141 cm³/mol. The van der Waals surface area contributed by atoms with E-state index in [0.29, 0.717) is 13.0 Å². The Bertz CT molecular complexity index is 318. The Labute approximate surface area is 202 Å². The lowest BCUT2D eigenvalue weighted by Crippen LogP contribution is -1.93. The zero-order valence-corrected chi connectivity index (χ0v) is 22.2. The van der Waals surface area contributed by atoms with Crippen molar-refractivity contribution in [1.29, 1.82) is 0 Å². The van der Waals surface area contributed by atoms with Gasteiger partial charge in [0.15, 0.2) is 0 Å². The maximum absolute atomic E-state index is 10.3. The van der Waals surface area contributed by atoms with Crippen molar-refractivity contribution >= 4 is 5.97 Å². The molecule has 0 saturated carbocycles. The highest BCUT2D eigenvalue weighted by Gasteiger charge is 1.97. The van der Waals surface area contributed by atoms with Crippen LogP contribution in [-0.4, -0.2) is 22.8 Å². The van der Waals surface area contributed by atoms with E-state index in [1.807, 2.05) is 0 Å². The second-order valence-corrected chi connectivity index (χ2v) is 9.65. The minimum Gasteiger partial charge on any atom is -0.481 e. The van der Waals surface area contributed by atoms with Crippen LogP contribution < -0.4 is 0 Å². The number of aliphatic hydroxyl groups excluding tert-OH is 1. The molecule has 0 saturated heterocycles. The first kappa shape index (κ1) is 33.6. The molecule has 0 aliphatic heterocycles. The number of carboxylic acid groups (broad SMARTS) is 1. The van der Waals surface area contributed by atoms with E-state index in [9.17, 15) is 4.79 Å². The van der Waals surface area contributed by atoms with Crippen LogP contribution in [0.3, 0.4) is 0 Å². The zero-order valence-electron chi connectivity index (χ0n) is 22.2. The normalized spacial score (nSPS) is 10.7. The van der Waals surface area contributed by atoms with Gasteiger partial charge < -0.3 is 10.2 Å². The first-order valence-corrected chi connectivity index (χ1v) is 14.5. The van der Waals surface area contributed by atoms with Crippen molar-refractivity contribution in [2.45, 2.75) is 174 Å². The van der Waals surface area contributed by atoms with Crippen LogP contribution in [0, 0.1) is 0 Å². The summed E-state index contributed by atoms with van der Waals surface area (Å²) in [5, 5.41) is 17.1. The van der Waals surface area contributed by atoms with Gasteiger partial charge in [0.1, 0.15) is 0 Å². The summed E-state index contributed by atoms with van der Waals surface area (Å²) in [4.78, 5) is 10.3. The Hall–Kier alpha value is -0.570. The zero-order chi connectivity index (χ0) is 24.0. The highest BCUT2D eigenvalue weighted by molar-refractivity contribution is 5.66. The van der Waals surface area contributed by atoms with Gasteiger partial charge in [-0.25, -0.2) is 0 Å². The summed E-state index contributed by atoms with van der Waals surface area (Å²) < 4.78 is 0. The molecule has 0 atom stereocenters. The lowest BCUT2D eigenvalue weighted by Gasteiger charge is -2.02. The second-order valence-electron chi connectivity index (χ2n) is 9.65. The molecule has 0 rings (SSSR count). The van der Waals surface area contributed by atoms with Crippen LogP contribution in [0.5, 0.6) is 0 Å². The molecule has 0 unspecified atom stereocenters. The fraction of sp³-hybridized carbons (Fsp3) is 0.966. The molecule has 0 amide bonds. The molecule has 3 nitrogen and oxygen atoms in total. The molecule has 0 fully saturated rings. The van der Waals surface area contributed by atoms with E-state index in [2.05, 4.69) is 13.8 Å². The average molecular weight is 457 g/mol. The van der Waals surface area contributed by atoms with Crippen molar-refractivity contribution in [3.63, 3.8) is 0 Å². The van der Waals surface area contributed by atoms with Crippen molar-refractivity contribution in [3.05, 3.63) is 0 Å². The van der Waals surface area contributed by atoms with Gasteiger partial charge in [-0.1, -0.05) is 155 Å². The maximum atomic E-state index is 10.3. The van der Waals surface area contributed by atoms with E-state index >= 15 is 0 Å². The monoisotopic (exact) mass is 456 g/mol. The average Bonchev–Trinajstić information content (AvgIpc) is 2.78. The molecule has 0 aliphatic carbocycles. The molecule has 3 heteroatoms. The van der Waals surface area contributed by atoms with Gasteiger partial charge >= 0.3 is 5.97 Å². The van der Waals surface area contributed by atoms with Crippen molar-refractivity contribution < 1.29 is 15.0 Å². The molecule has 0 aromatic carbocycles. The number of aliphatic carboxylic acids is 1. The number of rotatable bonds is 25. The van der Waals surface area contributed by atoms with Gasteiger partial charge in [0, 0.05) is 13.0 Å². The Morgan fingerprint density at radius 2 is 0.688 bits per heavy atom. The predicted octanol–water partition coefficient (Wildman–Crippen LogP) is 9.84. The van der Waals surface area contributed by atoms with E-state index in [1.54, 1.807) is 0 Å². The lowest BCUT2D eigenvalue weighted by atomic mass is 10.0. The third-order valence-corrected chi connectivity index (χ3v) is 6.26. The maximum Gasteiger partial charge on any atom is 0.303 e. The molecule has 32 heavy (non-hydrogen) atoms. The molecule has 0 aromatic rings. The van der Waals surface area contributed by atoms with Gasteiger partial charge in [0.2, 0.25) is 0 Å². The SMILES string of the molecule is CCCCCCCCCCCCCCCC(=O)O.CCCCCCCCCCCCCO. The number of aliphatic hydroxyl groups is 1. The molecule has 0 aromatic heterocycles. The number of hydrogen-bond acceptors (Lipinski definition) is 2. The van der Waals surface area contributed by atoms with Crippen LogP contribution in [-0.2, 0) is 4.79 Å². The topological polar surface area (TPSA) is 57.5 Å². The van der Waals surface area contributed by atoms with Gasteiger partial charge in [-0.15, -0.1) is 0 Å². The number of unbranched alkanes of at least 4 members (excludes halogenated alkanes) is 22. The Kier molecular flexibility index (Phi) is 34.2. The first-order valence-electron chi connectivity index (χ1n) is 14.5. The molecule has 0 radical (unpaired) electrons. The van der Waals surface area contributed by atoms with Gasteiger partial charge in [0.25, 0.3) is 0 Å². The van der Waals surface area contributed by atoms with E-state index in [-0.39, 0.29) is 0 Å². The van der Waals surface area contributed by atoms with Crippen molar-refractivity contribution in [2.24, 2.45) is 0 Å². The summed E-state index contributed by atoms with van der Waals surface area (Å²) in [6.07, 6.45) is 32.0. The number of hydrogen-bond donors (Lipinski definition) is 2. The van der Waals surface area contributed by atoms with E-state index < -0.39 is 5.97 Å². The highest BCUT2D eigenvalue weighted by atomic mass is 16.4. The summed E-state index contributed by atoms with van der Waals surface area (Å²) in [7, 11) is 0. The lowest BCUT2D eigenvalue weighted by molar-refractivity contribution is -0.137. The molecule has 2 N–H and O–H groups in total. The standard InChI is InChI=1S/C16H32O2.C13H28O/c1-2-3-4-5-6-7-8-9-10-11-12-13-14-15-16(17)18;1-2-3-4-5-6-7-8-9-10-11-12-13-14/h2-15H2,1H3,(H,17,18);14H,2-13H2,1H3. The molecule has 0 bridgehead atoms. The van der Waals surface area contributed by atoms with Crippen LogP contribution >= 0.6 is 0 Å². The molecular weight excluding hydrogens is 396 g/mol. The Morgan fingerprint density at radius 3 is 0.938 bits per heavy atom. The molecular formula is C29H60O3. The minimum atomic E-state index is -0.655. The number of carboxylic acids is 1. The summed E-state index contributed by atoms with van der Waals surface area (Å²) >= 11 is 0. The van der Waals surface area contributed by atoms with Gasteiger partial charge in [-0.05, 0) is 12.8 Å². The van der Waals surface area contributed by atoms with Gasteiger partial charge in [-0.2, -0.15) is 0 Å². The van der Waals surface area contributed by atoms with Crippen LogP contribution in [0.1, 0.15) is 174 Å². The van der Waals surface area contributed by atoms with Gasteiger partial charge in [0.05, 0.1) is 0 Å². The first-order chi connectivity index (χ1) is 15.7. The largest absolute Gasteiger partial charge is 0.481 e. The summed E-state index contributed by atoms with van der Waals surface area (Å²) in [5.41, 5.74) is 0. The van der Waals surface area contributed by atoms with E-state index in [0.717, 1.165) is 19.3 Å². The van der Waals surface area contributed by atoms with E-state index in [1.165, 1.54) is 135 Å². The van der Waals surface area contributed by atoms with E-state index in [4.69, 9.17) is 10.2 Å². The van der Waals surface area contributed by atoms with Crippen LogP contribution in [0.15, 0.2) is 0 Å². The Balaban J connectivity index is 0. The Morgan fingerprint density at radius 1 is 0.438 bits per heavy atom. The van der Waals surface area contributed by atoms with Crippen molar-refractivity contribution in [3.8, 4) is 0 Å². The molecule has 0 spiro atoms. The summed E-state index contributed by atoms with van der Waals surface area (Å²) in [6, 6.07) is 0. The third kappa shape index (κ3) is 36.8. The summed E-state index contributed by atoms with van der Waals surface area (Å²) in [6.45, 7) is 4.90. The fourth-order valence-electron chi connectivity index (χ4n) is 4.07. The smallest absolute Gasteiger partial charge is 0.303 e. The summed E-state index contributed by atoms with van der Waals surface area (Å²) in [5.74, 6) is -0.655.